The Hall–Kier alpha value is -2.29. The van der Waals surface area contributed by atoms with Gasteiger partial charge in [0.1, 0.15) is 10.6 Å². The number of primary sulfonamides is 1. The number of benzene rings is 2. The van der Waals surface area contributed by atoms with E-state index < -0.39 is 10.0 Å². The van der Waals surface area contributed by atoms with Crippen molar-refractivity contribution in [1.29, 1.82) is 0 Å². The molecule has 1 aliphatic rings. The summed E-state index contributed by atoms with van der Waals surface area (Å²) in [5, 5.41) is 5.31. The molecule has 0 atom stereocenters. The third kappa shape index (κ3) is 4.18. The fraction of sp³-hybridized carbons (Fsp3) is 0.368. The van der Waals surface area contributed by atoms with E-state index in [9.17, 15) is 8.42 Å². The Morgan fingerprint density at radius 1 is 0.963 bits per heavy atom. The van der Waals surface area contributed by atoms with Gasteiger partial charge in [0, 0.05) is 19.6 Å². The second-order valence-corrected chi connectivity index (χ2v) is 8.00. The molecule has 1 aliphatic heterocycles. The minimum absolute atomic E-state index is 0.0390. The molecule has 7 nitrogen and oxygen atoms in total. The smallest absolute Gasteiger partial charge is 0.241 e. The van der Waals surface area contributed by atoms with Crippen molar-refractivity contribution < 1.29 is 22.6 Å². The largest absolute Gasteiger partial charge is 0.495 e. The van der Waals surface area contributed by atoms with Crippen LogP contribution in [0.1, 0.15) is 16.7 Å². The molecule has 8 heteroatoms. The van der Waals surface area contributed by atoms with E-state index in [0.717, 1.165) is 36.2 Å². The van der Waals surface area contributed by atoms with Gasteiger partial charge in [-0.3, -0.25) is 4.90 Å². The van der Waals surface area contributed by atoms with E-state index in [2.05, 4.69) is 4.90 Å². The lowest BCUT2D eigenvalue weighted by molar-refractivity contribution is 0.244. The number of methoxy groups -OCH3 is 3. The summed E-state index contributed by atoms with van der Waals surface area (Å²) in [5.41, 5.74) is 3.15. The second kappa shape index (κ2) is 7.75. The van der Waals surface area contributed by atoms with Crippen molar-refractivity contribution in [3.8, 4) is 17.2 Å². The molecule has 2 aromatic carbocycles. The predicted molar refractivity (Wildman–Crippen MR) is 102 cm³/mol. The van der Waals surface area contributed by atoms with Gasteiger partial charge >= 0.3 is 0 Å². The molecule has 2 N–H and O–H groups in total. The van der Waals surface area contributed by atoms with Crippen molar-refractivity contribution in [2.75, 3.05) is 27.9 Å². The number of sulfonamides is 1. The maximum Gasteiger partial charge on any atom is 0.241 e. The van der Waals surface area contributed by atoms with E-state index in [4.69, 9.17) is 19.3 Å². The molecule has 2 aromatic rings. The van der Waals surface area contributed by atoms with Crippen LogP contribution in [0.15, 0.2) is 35.2 Å². The normalized spacial score (nSPS) is 14.5. The zero-order chi connectivity index (χ0) is 19.6. The first-order valence-electron chi connectivity index (χ1n) is 8.51. The monoisotopic (exact) mass is 392 g/mol. The molecule has 3 rings (SSSR count). The number of rotatable bonds is 6. The molecule has 0 spiro atoms. The summed E-state index contributed by atoms with van der Waals surface area (Å²) in [7, 11) is 0.858. The fourth-order valence-corrected chi connectivity index (χ4v) is 4.11. The van der Waals surface area contributed by atoms with Crippen LogP contribution in [0.4, 0.5) is 0 Å². The first kappa shape index (κ1) is 19.5. The molecule has 0 saturated carbocycles. The Bertz CT molecular complexity index is 943. The van der Waals surface area contributed by atoms with Crippen LogP contribution in [-0.2, 0) is 29.5 Å². The minimum Gasteiger partial charge on any atom is -0.495 e. The highest BCUT2D eigenvalue weighted by atomic mass is 32.2. The topological polar surface area (TPSA) is 91.1 Å². The molecule has 27 heavy (non-hydrogen) atoms. The number of ether oxygens (including phenoxy) is 3. The Labute approximate surface area is 159 Å². The third-order valence-electron chi connectivity index (χ3n) is 4.74. The van der Waals surface area contributed by atoms with Gasteiger partial charge in [0.2, 0.25) is 10.0 Å². The summed E-state index contributed by atoms with van der Waals surface area (Å²) in [6, 6.07) is 9.29. The molecule has 0 fully saturated rings. The van der Waals surface area contributed by atoms with Gasteiger partial charge in [-0.25, -0.2) is 13.6 Å². The number of nitrogens with two attached hydrogens (primary N) is 1. The predicted octanol–water partition coefficient (Wildman–Crippen LogP) is 1.92. The summed E-state index contributed by atoms with van der Waals surface area (Å²) in [4.78, 5) is 2.33. The van der Waals surface area contributed by atoms with E-state index in [1.807, 2.05) is 18.2 Å². The van der Waals surface area contributed by atoms with Gasteiger partial charge in [-0.1, -0.05) is 6.07 Å². The van der Waals surface area contributed by atoms with Crippen molar-refractivity contribution in [3.63, 3.8) is 0 Å². The lowest BCUT2D eigenvalue weighted by atomic mass is 9.99. The van der Waals surface area contributed by atoms with E-state index in [1.54, 1.807) is 26.4 Å². The van der Waals surface area contributed by atoms with Crippen LogP contribution in [0.25, 0.3) is 0 Å². The van der Waals surface area contributed by atoms with Gasteiger partial charge in [0.15, 0.2) is 11.5 Å². The quantitative estimate of drug-likeness (QED) is 0.808. The summed E-state index contributed by atoms with van der Waals surface area (Å²) >= 11 is 0. The molecule has 0 saturated heterocycles. The van der Waals surface area contributed by atoms with Crippen LogP contribution in [0.2, 0.25) is 0 Å². The molecule has 1 heterocycles. The van der Waals surface area contributed by atoms with Crippen molar-refractivity contribution in [3.05, 3.63) is 47.0 Å². The highest BCUT2D eigenvalue weighted by molar-refractivity contribution is 7.89. The van der Waals surface area contributed by atoms with Crippen LogP contribution in [0, 0.1) is 0 Å². The van der Waals surface area contributed by atoms with Gasteiger partial charge < -0.3 is 14.2 Å². The molecule has 146 valence electrons. The SMILES string of the molecule is COc1ccc(CN2CCc3cc(S(N)(=O)=O)c(OC)cc3C2)cc1OC. The van der Waals surface area contributed by atoms with E-state index in [1.165, 1.54) is 7.11 Å². The zero-order valence-electron chi connectivity index (χ0n) is 15.7. The van der Waals surface area contributed by atoms with Crippen LogP contribution >= 0.6 is 0 Å². The summed E-state index contributed by atoms with van der Waals surface area (Å²) in [5.74, 6) is 1.68. The second-order valence-electron chi connectivity index (χ2n) is 6.47. The van der Waals surface area contributed by atoms with Crippen LogP contribution in [-0.4, -0.2) is 41.2 Å². The minimum atomic E-state index is -3.82. The molecule has 0 bridgehead atoms. The fourth-order valence-electron chi connectivity index (χ4n) is 3.38. The number of hydrogen-bond acceptors (Lipinski definition) is 6. The lowest BCUT2D eigenvalue weighted by Crippen LogP contribution is -2.30. The van der Waals surface area contributed by atoms with Crippen LogP contribution < -0.4 is 19.3 Å². The van der Waals surface area contributed by atoms with E-state index in [0.29, 0.717) is 18.0 Å². The van der Waals surface area contributed by atoms with Crippen molar-refractivity contribution >= 4 is 10.0 Å². The van der Waals surface area contributed by atoms with Crippen molar-refractivity contribution in [1.82, 2.24) is 4.90 Å². The number of fused-ring (bicyclic) bond motifs is 1. The molecule has 0 radical (unpaired) electrons. The van der Waals surface area contributed by atoms with Crippen LogP contribution in [0.5, 0.6) is 17.2 Å². The lowest BCUT2D eigenvalue weighted by Gasteiger charge is -2.29. The summed E-state index contributed by atoms with van der Waals surface area (Å²) in [6.07, 6.45) is 0.745. The Morgan fingerprint density at radius 3 is 2.30 bits per heavy atom. The average molecular weight is 392 g/mol. The van der Waals surface area contributed by atoms with Crippen molar-refractivity contribution in [2.24, 2.45) is 5.14 Å². The molecule has 0 aromatic heterocycles. The van der Waals surface area contributed by atoms with Gasteiger partial charge in [-0.15, -0.1) is 0 Å². The van der Waals surface area contributed by atoms with Crippen molar-refractivity contribution in [2.45, 2.75) is 24.4 Å². The van der Waals surface area contributed by atoms with Gasteiger partial charge in [-0.2, -0.15) is 0 Å². The van der Waals surface area contributed by atoms with Crippen LogP contribution in [0.3, 0.4) is 0 Å². The highest BCUT2D eigenvalue weighted by Crippen LogP contribution is 2.32. The van der Waals surface area contributed by atoms with Gasteiger partial charge in [0.05, 0.1) is 21.3 Å². The number of hydrogen-bond donors (Lipinski definition) is 1. The molecule has 0 aliphatic carbocycles. The Morgan fingerprint density at radius 2 is 1.67 bits per heavy atom. The highest BCUT2D eigenvalue weighted by Gasteiger charge is 2.23. The van der Waals surface area contributed by atoms with E-state index in [-0.39, 0.29) is 10.6 Å². The molecular weight excluding hydrogens is 368 g/mol. The van der Waals surface area contributed by atoms with Gasteiger partial charge in [0.25, 0.3) is 0 Å². The maximum absolute atomic E-state index is 11.8. The zero-order valence-corrected chi connectivity index (χ0v) is 16.5. The maximum atomic E-state index is 11.8. The summed E-state index contributed by atoms with van der Waals surface area (Å²) in [6.45, 7) is 2.27. The molecule has 0 unspecified atom stereocenters. The Balaban J connectivity index is 1.82. The van der Waals surface area contributed by atoms with E-state index >= 15 is 0 Å². The first-order valence-corrected chi connectivity index (χ1v) is 10.1. The first-order chi connectivity index (χ1) is 12.9. The molecular formula is C19H24N2O5S. The number of nitrogens with zero attached hydrogens (tertiary/aromatic N) is 1. The third-order valence-corrected chi connectivity index (χ3v) is 5.67. The molecule has 0 amide bonds. The summed E-state index contributed by atoms with van der Waals surface area (Å²) < 4.78 is 39.5. The standard InChI is InChI=1S/C19H24N2O5S/c1-24-16-5-4-13(8-17(16)25-2)11-21-7-6-14-10-19(27(20,22)23)18(26-3)9-15(14)12-21/h4-5,8-10H,6-7,11-12H2,1-3H3,(H2,20,22,23). The van der Waals surface area contributed by atoms with Gasteiger partial charge in [-0.05, 0) is 47.4 Å². The Kier molecular flexibility index (Phi) is 5.59. The average Bonchev–Trinajstić information content (AvgIpc) is 2.65.